The quantitative estimate of drug-likeness (QED) is 0.737. The Hall–Kier alpha value is -1.22. The first kappa shape index (κ1) is 18.1. The molecule has 0 aliphatic carbocycles. The number of carbonyl (C=O) groups excluding carboxylic acids is 1. The van der Waals surface area contributed by atoms with Gasteiger partial charge in [0.2, 0.25) is 0 Å². The Morgan fingerprint density at radius 1 is 1.43 bits per heavy atom. The second kappa shape index (κ2) is 7.12. The van der Waals surface area contributed by atoms with Gasteiger partial charge >= 0.3 is 6.09 Å². The summed E-state index contributed by atoms with van der Waals surface area (Å²) in [4.78, 5) is 13.5. The lowest BCUT2D eigenvalue weighted by atomic mass is 9.72. The van der Waals surface area contributed by atoms with E-state index < -0.39 is 11.5 Å². The lowest BCUT2D eigenvalue weighted by Crippen LogP contribution is -2.38. The fraction of sp³-hybridized carbons (Fsp3) is 0.562. The summed E-state index contributed by atoms with van der Waals surface area (Å²) in [7, 11) is 2.95. The number of benzene rings is 1. The van der Waals surface area contributed by atoms with Gasteiger partial charge < -0.3 is 22.5 Å². The Kier molecular flexibility index (Phi) is 5.61. The molecule has 0 spiro atoms. The fourth-order valence-corrected chi connectivity index (χ4v) is 3.51. The molecule has 1 aliphatic heterocycles. The molecule has 128 valence electrons. The highest BCUT2D eigenvalue weighted by Crippen LogP contribution is 2.47. The lowest BCUT2D eigenvalue weighted by Gasteiger charge is -2.33. The molecule has 1 aromatic carbocycles. The Morgan fingerprint density at radius 2 is 2.13 bits per heavy atom. The van der Waals surface area contributed by atoms with E-state index in [1.165, 1.54) is 7.11 Å². The minimum absolute atomic E-state index is 0.0298. The molecule has 1 amide bonds. The van der Waals surface area contributed by atoms with E-state index in [4.69, 9.17) is 12.5 Å². The van der Waals surface area contributed by atoms with Crippen LogP contribution in [0.15, 0.2) is 18.2 Å². The van der Waals surface area contributed by atoms with Crippen LogP contribution in [-0.4, -0.2) is 49.5 Å². The normalized spacial score (nSPS) is 25.1. The van der Waals surface area contributed by atoms with Gasteiger partial charge in [0.25, 0.3) is 0 Å². The van der Waals surface area contributed by atoms with Crippen molar-refractivity contribution in [2.75, 3.05) is 27.3 Å². The molecule has 6 nitrogen and oxygen atoms in total. The Bertz CT molecular complexity index is 580. The molecule has 0 radical (unpaired) electrons. The molecule has 1 aromatic rings. The van der Waals surface area contributed by atoms with Crippen LogP contribution in [0.5, 0.6) is 11.5 Å². The number of nitrogens with zero attached hydrogens (tertiary/aromatic N) is 1. The summed E-state index contributed by atoms with van der Waals surface area (Å²) in [5.74, 6) is 1.23. The molecular weight excluding hydrogens is 413 g/mol. The average molecular weight is 435 g/mol. The summed E-state index contributed by atoms with van der Waals surface area (Å²) in [6.07, 6.45) is -0.952. The molecule has 1 fully saturated rings. The van der Waals surface area contributed by atoms with E-state index in [2.05, 4.69) is 0 Å². The van der Waals surface area contributed by atoms with E-state index in [0.29, 0.717) is 24.6 Å². The van der Waals surface area contributed by atoms with Crippen LogP contribution in [-0.2, 0) is 4.74 Å². The van der Waals surface area contributed by atoms with Crippen molar-refractivity contribution in [1.29, 1.82) is 0 Å². The minimum atomic E-state index is -0.576. The summed E-state index contributed by atoms with van der Waals surface area (Å²) in [5, 5.41) is 10.3. The summed E-state index contributed by atoms with van der Waals surface area (Å²) >= 11 is 1.81. The van der Waals surface area contributed by atoms with E-state index in [1.807, 2.05) is 48.1 Å². The molecule has 3 atom stereocenters. The smallest absolute Gasteiger partial charge is 0.409 e. The predicted octanol–water partition coefficient (Wildman–Crippen LogP) is 2.98. The van der Waals surface area contributed by atoms with Crippen molar-refractivity contribution in [1.82, 2.24) is 4.90 Å². The van der Waals surface area contributed by atoms with Gasteiger partial charge in [-0.05, 0) is 24.6 Å². The molecule has 0 saturated carbocycles. The maximum absolute atomic E-state index is 11.9. The number of rotatable bonds is 4. The zero-order valence-corrected chi connectivity index (χ0v) is 15.9. The third-order valence-electron chi connectivity index (χ3n) is 4.79. The summed E-state index contributed by atoms with van der Waals surface area (Å²) in [6, 6.07) is 5.69. The molecule has 23 heavy (non-hydrogen) atoms. The SMILES string of the molecule is COC(=O)N1C[C@@H](c2ccc(OC)c(OI)c2)[C@](C)([C@@H](C)O)C1. The first-order valence-electron chi connectivity index (χ1n) is 7.34. The van der Waals surface area contributed by atoms with Crippen LogP contribution in [0.1, 0.15) is 25.3 Å². The Morgan fingerprint density at radius 3 is 2.65 bits per heavy atom. The van der Waals surface area contributed by atoms with E-state index in [1.54, 1.807) is 18.9 Å². The summed E-state index contributed by atoms with van der Waals surface area (Å²) < 4.78 is 15.4. The van der Waals surface area contributed by atoms with Crippen molar-refractivity contribution in [3.05, 3.63) is 23.8 Å². The first-order chi connectivity index (χ1) is 10.9. The molecule has 1 heterocycles. The number of methoxy groups -OCH3 is 2. The second-order valence-corrected chi connectivity index (χ2v) is 6.51. The monoisotopic (exact) mass is 435 g/mol. The van der Waals surface area contributed by atoms with Crippen molar-refractivity contribution < 1.29 is 22.4 Å². The maximum Gasteiger partial charge on any atom is 0.409 e. The van der Waals surface area contributed by atoms with Gasteiger partial charge in [0, 0.05) is 24.4 Å². The molecular formula is C16H22INO5. The highest BCUT2D eigenvalue weighted by molar-refractivity contribution is 14.1. The number of hydrogen-bond acceptors (Lipinski definition) is 5. The molecule has 0 unspecified atom stereocenters. The van der Waals surface area contributed by atoms with Crippen LogP contribution in [0.4, 0.5) is 4.79 Å². The van der Waals surface area contributed by atoms with Gasteiger partial charge in [0.1, 0.15) is 0 Å². The maximum atomic E-state index is 11.9. The predicted molar refractivity (Wildman–Crippen MR) is 94.1 cm³/mol. The Labute approximate surface area is 150 Å². The number of aliphatic hydroxyl groups is 1. The molecule has 1 aliphatic rings. The van der Waals surface area contributed by atoms with Gasteiger partial charge in [-0.1, -0.05) is 13.0 Å². The number of halogens is 1. The second-order valence-electron chi connectivity index (χ2n) is 6.07. The van der Waals surface area contributed by atoms with Crippen LogP contribution in [0.2, 0.25) is 0 Å². The zero-order valence-electron chi connectivity index (χ0n) is 13.7. The largest absolute Gasteiger partial charge is 0.493 e. The van der Waals surface area contributed by atoms with Gasteiger partial charge in [-0.15, -0.1) is 0 Å². The van der Waals surface area contributed by atoms with Gasteiger partial charge in [-0.3, -0.25) is 0 Å². The van der Waals surface area contributed by atoms with E-state index in [0.717, 1.165) is 5.56 Å². The van der Waals surface area contributed by atoms with Crippen molar-refractivity contribution in [2.24, 2.45) is 5.41 Å². The van der Waals surface area contributed by atoms with Crippen molar-refractivity contribution in [2.45, 2.75) is 25.9 Å². The summed E-state index contributed by atoms with van der Waals surface area (Å²) in [5.41, 5.74) is 0.526. The number of amides is 1. The van der Waals surface area contributed by atoms with Crippen LogP contribution < -0.4 is 7.80 Å². The van der Waals surface area contributed by atoms with Gasteiger partial charge in [0.05, 0.1) is 20.3 Å². The van der Waals surface area contributed by atoms with E-state index in [-0.39, 0.29) is 12.0 Å². The number of hydrogen-bond donors (Lipinski definition) is 1. The molecule has 7 heteroatoms. The van der Waals surface area contributed by atoms with Crippen molar-refractivity contribution >= 4 is 29.1 Å². The summed E-state index contributed by atoms with van der Waals surface area (Å²) in [6.45, 7) is 4.67. The van der Waals surface area contributed by atoms with E-state index in [9.17, 15) is 9.90 Å². The minimum Gasteiger partial charge on any atom is -0.493 e. The average Bonchev–Trinajstić information content (AvgIpc) is 2.92. The van der Waals surface area contributed by atoms with Crippen LogP contribution in [0.3, 0.4) is 0 Å². The molecule has 0 bridgehead atoms. The molecule has 1 saturated heterocycles. The van der Waals surface area contributed by atoms with Gasteiger partial charge in [0.15, 0.2) is 34.5 Å². The molecule has 0 aromatic heterocycles. The number of carbonyl (C=O) groups is 1. The number of ether oxygens (including phenoxy) is 2. The van der Waals surface area contributed by atoms with Gasteiger partial charge in [-0.2, -0.15) is 0 Å². The fourth-order valence-electron chi connectivity index (χ4n) is 3.16. The van der Waals surface area contributed by atoms with Gasteiger partial charge in [-0.25, -0.2) is 4.79 Å². The van der Waals surface area contributed by atoms with Crippen LogP contribution in [0, 0.1) is 5.41 Å². The highest BCUT2D eigenvalue weighted by atomic mass is 127. The Balaban J connectivity index is 2.40. The van der Waals surface area contributed by atoms with E-state index >= 15 is 0 Å². The number of likely N-dealkylation sites (tertiary alicyclic amines) is 1. The molecule has 2 rings (SSSR count). The van der Waals surface area contributed by atoms with Crippen LogP contribution >= 0.6 is 23.0 Å². The van der Waals surface area contributed by atoms with Crippen molar-refractivity contribution in [3.8, 4) is 11.5 Å². The lowest BCUT2D eigenvalue weighted by molar-refractivity contribution is 0.0470. The van der Waals surface area contributed by atoms with Crippen LogP contribution in [0.25, 0.3) is 0 Å². The number of aliphatic hydroxyl groups excluding tert-OH is 1. The highest BCUT2D eigenvalue weighted by Gasteiger charge is 2.48. The standard InChI is InChI=1S/C16H22INO5/c1-10(19)16(2)9-18(15(20)22-4)8-12(16)11-5-6-13(21-3)14(7-11)23-17/h5-7,10,12,19H,8-9H2,1-4H3/t10-,12+,16+/m1/s1. The zero-order chi connectivity index (χ0) is 17.2. The third-order valence-corrected chi connectivity index (χ3v) is 5.27. The topological polar surface area (TPSA) is 68.2 Å². The third kappa shape index (κ3) is 3.35. The molecule has 1 N–H and O–H groups in total. The first-order valence-corrected chi connectivity index (χ1v) is 8.23. The van der Waals surface area contributed by atoms with Crippen molar-refractivity contribution in [3.63, 3.8) is 0 Å².